The van der Waals surface area contributed by atoms with Crippen molar-refractivity contribution in [3.05, 3.63) is 41.9 Å². The zero-order valence-corrected chi connectivity index (χ0v) is 15.2. The molecule has 128 valence electrons. The highest BCUT2D eigenvalue weighted by Gasteiger charge is 2.30. The summed E-state index contributed by atoms with van der Waals surface area (Å²) in [6, 6.07) is 6.80. The SMILES string of the molecule is C=CC(C)(C)C(COc1ccc(Cl)cc1)NC(=O)OC(C)(C)C. The number of hydrogen-bond acceptors (Lipinski definition) is 3. The molecule has 23 heavy (non-hydrogen) atoms. The fourth-order valence-corrected chi connectivity index (χ4v) is 1.87. The minimum Gasteiger partial charge on any atom is -0.491 e. The lowest BCUT2D eigenvalue weighted by Gasteiger charge is -2.32. The van der Waals surface area contributed by atoms with Gasteiger partial charge < -0.3 is 14.8 Å². The lowest BCUT2D eigenvalue weighted by Crippen LogP contribution is -2.49. The van der Waals surface area contributed by atoms with Gasteiger partial charge in [-0.15, -0.1) is 6.58 Å². The normalized spacial score (nSPS) is 13.1. The van der Waals surface area contributed by atoms with Gasteiger partial charge >= 0.3 is 6.09 Å². The molecule has 0 aliphatic carbocycles. The van der Waals surface area contributed by atoms with Crippen LogP contribution in [0.2, 0.25) is 5.02 Å². The Balaban J connectivity index is 2.75. The van der Waals surface area contributed by atoms with Crippen molar-refractivity contribution in [3.8, 4) is 5.75 Å². The summed E-state index contributed by atoms with van der Waals surface area (Å²) in [5.74, 6) is 0.685. The van der Waals surface area contributed by atoms with Crippen LogP contribution in [0.15, 0.2) is 36.9 Å². The Kier molecular flexibility index (Phi) is 6.51. The first kappa shape index (κ1) is 19.4. The second kappa shape index (κ2) is 7.73. The number of rotatable bonds is 6. The van der Waals surface area contributed by atoms with E-state index >= 15 is 0 Å². The molecule has 1 amide bonds. The summed E-state index contributed by atoms with van der Waals surface area (Å²) in [7, 11) is 0. The Bertz CT molecular complexity index is 532. The molecule has 1 N–H and O–H groups in total. The molecule has 5 heteroatoms. The van der Waals surface area contributed by atoms with E-state index in [4.69, 9.17) is 21.1 Å². The highest BCUT2D eigenvalue weighted by atomic mass is 35.5. The fraction of sp³-hybridized carbons (Fsp3) is 0.500. The van der Waals surface area contributed by atoms with Crippen LogP contribution in [0.4, 0.5) is 4.79 Å². The molecule has 0 fully saturated rings. The number of carbonyl (C=O) groups excluding carboxylic acids is 1. The van der Waals surface area contributed by atoms with Gasteiger partial charge in [0.05, 0.1) is 6.04 Å². The Morgan fingerprint density at radius 3 is 2.30 bits per heavy atom. The van der Waals surface area contributed by atoms with E-state index in [9.17, 15) is 4.79 Å². The van der Waals surface area contributed by atoms with Crippen molar-refractivity contribution in [1.29, 1.82) is 0 Å². The molecule has 1 rings (SSSR count). The highest BCUT2D eigenvalue weighted by molar-refractivity contribution is 6.30. The fourth-order valence-electron chi connectivity index (χ4n) is 1.74. The second-order valence-electron chi connectivity index (χ2n) is 6.99. The van der Waals surface area contributed by atoms with Crippen LogP contribution in [0.5, 0.6) is 5.75 Å². The van der Waals surface area contributed by atoms with Crippen molar-refractivity contribution in [2.75, 3.05) is 6.61 Å². The van der Waals surface area contributed by atoms with Crippen LogP contribution in [-0.2, 0) is 4.74 Å². The first-order chi connectivity index (χ1) is 10.5. The highest BCUT2D eigenvalue weighted by Crippen LogP contribution is 2.24. The molecule has 0 heterocycles. The molecular formula is C18H26ClNO3. The molecule has 4 nitrogen and oxygen atoms in total. The zero-order valence-electron chi connectivity index (χ0n) is 14.5. The minimum atomic E-state index is -0.552. The molecule has 0 aliphatic heterocycles. The first-order valence-corrected chi connectivity index (χ1v) is 7.93. The van der Waals surface area contributed by atoms with Crippen molar-refractivity contribution < 1.29 is 14.3 Å². The molecule has 1 aromatic carbocycles. The largest absolute Gasteiger partial charge is 0.491 e. The summed E-state index contributed by atoms with van der Waals surface area (Å²) < 4.78 is 11.1. The van der Waals surface area contributed by atoms with Crippen molar-refractivity contribution in [2.24, 2.45) is 5.41 Å². The van der Waals surface area contributed by atoms with Crippen molar-refractivity contribution in [3.63, 3.8) is 0 Å². The number of halogens is 1. The van der Waals surface area contributed by atoms with Gasteiger partial charge in [0.2, 0.25) is 0 Å². The molecule has 0 saturated carbocycles. The third kappa shape index (κ3) is 6.95. The second-order valence-corrected chi connectivity index (χ2v) is 7.43. The Morgan fingerprint density at radius 1 is 1.26 bits per heavy atom. The molecular weight excluding hydrogens is 314 g/mol. The van der Waals surface area contributed by atoms with Crippen LogP contribution in [0, 0.1) is 5.41 Å². The Morgan fingerprint density at radius 2 is 1.83 bits per heavy atom. The van der Waals surface area contributed by atoms with Crippen LogP contribution in [0.25, 0.3) is 0 Å². The van der Waals surface area contributed by atoms with Crippen molar-refractivity contribution in [2.45, 2.75) is 46.3 Å². The van der Waals surface area contributed by atoms with Gasteiger partial charge in [0, 0.05) is 10.4 Å². The van der Waals surface area contributed by atoms with Gasteiger partial charge in [0.15, 0.2) is 0 Å². The minimum absolute atomic E-state index is 0.287. The van der Waals surface area contributed by atoms with Gasteiger partial charge in [-0.2, -0.15) is 0 Å². The van der Waals surface area contributed by atoms with Crippen LogP contribution in [0.3, 0.4) is 0 Å². The van der Waals surface area contributed by atoms with Crippen LogP contribution >= 0.6 is 11.6 Å². The number of nitrogens with one attached hydrogen (secondary N) is 1. The smallest absolute Gasteiger partial charge is 0.408 e. The Labute approximate surface area is 143 Å². The molecule has 1 atom stereocenters. The van der Waals surface area contributed by atoms with E-state index in [-0.39, 0.29) is 11.5 Å². The molecule has 0 aliphatic rings. The first-order valence-electron chi connectivity index (χ1n) is 7.55. The summed E-state index contributed by atoms with van der Waals surface area (Å²) in [5, 5.41) is 3.51. The molecule has 0 radical (unpaired) electrons. The lowest BCUT2D eigenvalue weighted by molar-refractivity contribution is 0.0445. The van der Waals surface area contributed by atoms with Gasteiger partial charge in [-0.3, -0.25) is 0 Å². The number of hydrogen-bond donors (Lipinski definition) is 1. The maximum absolute atomic E-state index is 12.0. The predicted octanol–water partition coefficient (Wildman–Crippen LogP) is 4.82. The van der Waals surface area contributed by atoms with E-state index in [1.807, 2.05) is 34.6 Å². The summed E-state index contributed by atoms with van der Waals surface area (Å²) in [6.07, 6.45) is 1.32. The number of amides is 1. The van der Waals surface area contributed by atoms with Gasteiger partial charge in [-0.1, -0.05) is 31.5 Å². The monoisotopic (exact) mass is 339 g/mol. The molecule has 1 unspecified atom stereocenters. The summed E-state index contributed by atoms with van der Waals surface area (Å²) >= 11 is 5.86. The predicted molar refractivity (Wildman–Crippen MR) is 94.1 cm³/mol. The van der Waals surface area contributed by atoms with Gasteiger partial charge in [-0.05, 0) is 45.0 Å². The van der Waals surface area contributed by atoms with Crippen LogP contribution in [0.1, 0.15) is 34.6 Å². The van der Waals surface area contributed by atoms with E-state index < -0.39 is 11.7 Å². The molecule has 0 bridgehead atoms. The zero-order chi connectivity index (χ0) is 17.7. The van der Waals surface area contributed by atoms with Crippen molar-refractivity contribution >= 4 is 17.7 Å². The van der Waals surface area contributed by atoms with Gasteiger partial charge in [0.1, 0.15) is 18.0 Å². The number of carbonyl (C=O) groups is 1. The Hall–Kier alpha value is -1.68. The third-order valence-electron chi connectivity index (χ3n) is 3.35. The average Bonchev–Trinajstić information content (AvgIpc) is 2.43. The quantitative estimate of drug-likeness (QED) is 0.755. The van der Waals surface area contributed by atoms with Gasteiger partial charge in [0.25, 0.3) is 0 Å². The maximum Gasteiger partial charge on any atom is 0.408 e. The third-order valence-corrected chi connectivity index (χ3v) is 3.60. The maximum atomic E-state index is 12.0. The molecule has 0 saturated heterocycles. The van der Waals surface area contributed by atoms with Crippen LogP contribution < -0.4 is 10.1 Å². The summed E-state index contributed by atoms with van der Waals surface area (Å²) in [4.78, 5) is 12.0. The van der Waals surface area contributed by atoms with E-state index in [0.717, 1.165) is 0 Å². The summed E-state index contributed by atoms with van der Waals surface area (Å²) in [5.41, 5.74) is -0.909. The standard InChI is InChI=1S/C18H26ClNO3/c1-7-18(5,6)15(20-16(21)23-17(2,3)4)12-22-14-10-8-13(19)9-11-14/h7-11,15H,1,12H2,2-6H3,(H,20,21). The van der Waals surface area contributed by atoms with Crippen LogP contribution in [-0.4, -0.2) is 24.3 Å². The van der Waals surface area contributed by atoms with E-state index in [2.05, 4.69) is 11.9 Å². The van der Waals surface area contributed by atoms with Gasteiger partial charge in [-0.25, -0.2) is 4.79 Å². The molecule has 1 aromatic rings. The van der Waals surface area contributed by atoms with E-state index in [0.29, 0.717) is 17.4 Å². The number of alkyl carbamates (subject to hydrolysis) is 1. The number of ether oxygens (including phenoxy) is 2. The van der Waals surface area contributed by atoms with E-state index in [1.165, 1.54) is 0 Å². The topological polar surface area (TPSA) is 47.6 Å². The number of benzene rings is 1. The van der Waals surface area contributed by atoms with Crippen molar-refractivity contribution in [1.82, 2.24) is 5.32 Å². The summed E-state index contributed by atoms with van der Waals surface area (Å²) in [6.45, 7) is 13.6. The average molecular weight is 340 g/mol. The lowest BCUT2D eigenvalue weighted by atomic mass is 9.85. The van der Waals surface area contributed by atoms with E-state index in [1.54, 1.807) is 30.3 Å². The molecule has 0 spiro atoms. The molecule has 0 aromatic heterocycles.